The summed E-state index contributed by atoms with van der Waals surface area (Å²) in [4.78, 5) is 8.60. The van der Waals surface area contributed by atoms with Crippen molar-refractivity contribution in [1.82, 2.24) is 10.3 Å². The van der Waals surface area contributed by atoms with Crippen LogP contribution < -0.4 is 10.2 Å². The highest BCUT2D eigenvalue weighted by molar-refractivity contribution is 7.15. The summed E-state index contributed by atoms with van der Waals surface area (Å²) in [5, 5.41) is 4.76. The lowest BCUT2D eigenvalue weighted by Gasteiger charge is -2.33. The fourth-order valence-electron chi connectivity index (χ4n) is 2.86. The molecule has 0 saturated heterocycles. The van der Waals surface area contributed by atoms with Crippen LogP contribution in [-0.2, 0) is 6.54 Å². The van der Waals surface area contributed by atoms with Gasteiger partial charge >= 0.3 is 0 Å². The van der Waals surface area contributed by atoms with Gasteiger partial charge in [0.05, 0.1) is 5.69 Å². The molecular formula is C17H31N3S. The van der Waals surface area contributed by atoms with E-state index in [0.717, 1.165) is 12.5 Å². The van der Waals surface area contributed by atoms with Crippen molar-refractivity contribution < 1.29 is 0 Å². The number of rotatable bonds is 4. The van der Waals surface area contributed by atoms with E-state index in [4.69, 9.17) is 4.98 Å². The monoisotopic (exact) mass is 309 g/mol. The van der Waals surface area contributed by atoms with Crippen LogP contribution in [-0.4, -0.2) is 23.6 Å². The molecule has 1 aromatic heterocycles. The van der Waals surface area contributed by atoms with Gasteiger partial charge in [0.15, 0.2) is 5.13 Å². The molecule has 120 valence electrons. The van der Waals surface area contributed by atoms with Crippen molar-refractivity contribution in [3.05, 3.63) is 10.6 Å². The van der Waals surface area contributed by atoms with Gasteiger partial charge in [-0.25, -0.2) is 4.98 Å². The van der Waals surface area contributed by atoms with Gasteiger partial charge in [0, 0.05) is 30.1 Å². The molecule has 0 unspecified atom stereocenters. The summed E-state index contributed by atoms with van der Waals surface area (Å²) in [6.45, 7) is 12.1. The predicted molar refractivity (Wildman–Crippen MR) is 93.3 cm³/mol. The van der Waals surface area contributed by atoms with E-state index in [0.29, 0.717) is 6.04 Å². The molecule has 1 aliphatic carbocycles. The Morgan fingerprint density at radius 3 is 2.43 bits per heavy atom. The van der Waals surface area contributed by atoms with Gasteiger partial charge in [-0.3, -0.25) is 0 Å². The van der Waals surface area contributed by atoms with E-state index in [1.54, 1.807) is 0 Å². The standard InChI is InChI=1S/C17H31N3S/c1-12-7-9-14(10-8-12)20(6)16-19-13(2)15(21-16)11-18-17(3,4)5/h12,14,18H,7-11H2,1-6H3. The number of nitrogens with zero attached hydrogens (tertiary/aromatic N) is 2. The Morgan fingerprint density at radius 1 is 1.24 bits per heavy atom. The zero-order valence-corrected chi connectivity index (χ0v) is 15.3. The average Bonchev–Trinajstić information content (AvgIpc) is 2.77. The Bertz CT molecular complexity index is 453. The average molecular weight is 310 g/mol. The van der Waals surface area contributed by atoms with Gasteiger partial charge < -0.3 is 10.2 Å². The summed E-state index contributed by atoms with van der Waals surface area (Å²) in [5.74, 6) is 0.902. The summed E-state index contributed by atoms with van der Waals surface area (Å²) in [6.07, 6.45) is 5.34. The van der Waals surface area contributed by atoms with Gasteiger partial charge in [-0.1, -0.05) is 6.92 Å². The van der Waals surface area contributed by atoms with Crippen molar-refractivity contribution in [3.63, 3.8) is 0 Å². The van der Waals surface area contributed by atoms with Gasteiger partial charge in [0.25, 0.3) is 0 Å². The first kappa shape index (κ1) is 16.8. The van der Waals surface area contributed by atoms with Gasteiger partial charge in [0.2, 0.25) is 0 Å². The molecule has 0 aliphatic heterocycles. The second-order valence-electron chi connectivity index (χ2n) is 7.63. The second-order valence-corrected chi connectivity index (χ2v) is 8.70. The highest BCUT2D eigenvalue weighted by Crippen LogP contribution is 2.32. The van der Waals surface area contributed by atoms with E-state index < -0.39 is 0 Å². The number of aromatic nitrogens is 1. The summed E-state index contributed by atoms with van der Waals surface area (Å²) in [7, 11) is 2.22. The number of hydrogen-bond donors (Lipinski definition) is 1. The largest absolute Gasteiger partial charge is 0.348 e. The van der Waals surface area contributed by atoms with Crippen LogP contribution in [0.5, 0.6) is 0 Å². The number of hydrogen-bond acceptors (Lipinski definition) is 4. The summed E-state index contributed by atoms with van der Waals surface area (Å²) < 4.78 is 0. The third kappa shape index (κ3) is 4.68. The van der Waals surface area contributed by atoms with Crippen LogP contribution in [0.3, 0.4) is 0 Å². The first-order chi connectivity index (χ1) is 9.76. The zero-order valence-electron chi connectivity index (χ0n) is 14.5. The molecule has 21 heavy (non-hydrogen) atoms. The molecule has 1 heterocycles. The zero-order chi connectivity index (χ0) is 15.6. The minimum Gasteiger partial charge on any atom is -0.348 e. The fraction of sp³-hybridized carbons (Fsp3) is 0.824. The Hall–Kier alpha value is -0.610. The van der Waals surface area contributed by atoms with E-state index in [1.165, 1.54) is 41.4 Å². The maximum Gasteiger partial charge on any atom is 0.185 e. The minimum absolute atomic E-state index is 0.155. The van der Waals surface area contributed by atoms with Crippen LogP contribution in [0.25, 0.3) is 0 Å². The van der Waals surface area contributed by atoms with Crippen molar-refractivity contribution in [1.29, 1.82) is 0 Å². The number of aryl methyl sites for hydroxylation is 1. The van der Waals surface area contributed by atoms with Crippen LogP contribution in [0, 0.1) is 12.8 Å². The molecule has 0 radical (unpaired) electrons. The topological polar surface area (TPSA) is 28.2 Å². The Morgan fingerprint density at radius 2 is 1.86 bits per heavy atom. The Labute approximate surface area is 134 Å². The summed E-state index contributed by atoms with van der Waals surface area (Å²) in [6, 6.07) is 0.676. The van der Waals surface area contributed by atoms with Gasteiger partial charge in [-0.2, -0.15) is 0 Å². The number of thiazole rings is 1. The van der Waals surface area contributed by atoms with E-state index in [1.807, 2.05) is 11.3 Å². The van der Waals surface area contributed by atoms with Crippen LogP contribution >= 0.6 is 11.3 Å². The Balaban J connectivity index is 2.00. The lowest BCUT2D eigenvalue weighted by Crippen LogP contribution is -2.35. The molecule has 1 aromatic rings. The molecule has 0 amide bonds. The predicted octanol–water partition coefficient (Wildman–Crippen LogP) is 4.35. The van der Waals surface area contributed by atoms with E-state index in [-0.39, 0.29) is 5.54 Å². The van der Waals surface area contributed by atoms with E-state index >= 15 is 0 Å². The van der Waals surface area contributed by atoms with Crippen molar-refractivity contribution in [2.75, 3.05) is 11.9 Å². The van der Waals surface area contributed by atoms with Crippen molar-refractivity contribution in [2.24, 2.45) is 5.92 Å². The molecule has 0 aromatic carbocycles. The van der Waals surface area contributed by atoms with Crippen molar-refractivity contribution >= 4 is 16.5 Å². The highest BCUT2D eigenvalue weighted by Gasteiger charge is 2.24. The maximum atomic E-state index is 4.81. The maximum absolute atomic E-state index is 4.81. The first-order valence-corrected chi connectivity index (χ1v) is 9.02. The van der Waals surface area contributed by atoms with Crippen LogP contribution in [0.2, 0.25) is 0 Å². The normalized spacial score (nSPS) is 23.3. The van der Waals surface area contributed by atoms with E-state index in [9.17, 15) is 0 Å². The molecule has 3 nitrogen and oxygen atoms in total. The Kier molecular flexibility index (Phi) is 5.31. The van der Waals surface area contributed by atoms with E-state index in [2.05, 4.69) is 51.9 Å². The molecule has 0 atom stereocenters. The molecule has 1 saturated carbocycles. The van der Waals surface area contributed by atoms with Crippen molar-refractivity contribution in [2.45, 2.75) is 78.4 Å². The second kappa shape index (κ2) is 6.66. The molecule has 2 rings (SSSR count). The van der Waals surface area contributed by atoms with Gasteiger partial charge in [-0.15, -0.1) is 11.3 Å². The molecule has 1 N–H and O–H groups in total. The van der Waals surface area contributed by atoms with Crippen molar-refractivity contribution in [3.8, 4) is 0 Å². The number of nitrogens with one attached hydrogen (secondary N) is 1. The van der Waals surface area contributed by atoms with Gasteiger partial charge in [0.1, 0.15) is 0 Å². The quantitative estimate of drug-likeness (QED) is 0.896. The minimum atomic E-state index is 0.155. The van der Waals surface area contributed by atoms with Crippen LogP contribution in [0.15, 0.2) is 0 Å². The summed E-state index contributed by atoms with van der Waals surface area (Å²) >= 11 is 1.86. The lowest BCUT2D eigenvalue weighted by molar-refractivity contribution is 0.340. The van der Waals surface area contributed by atoms with Gasteiger partial charge in [-0.05, 0) is 59.3 Å². The first-order valence-electron chi connectivity index (χ1n) is 8.20. The fourth-order valence-corrected chi connectivity index (χ4v) is 3.89. The molecule has 0 bridgehead atoms. The molecule has 1 aliphatic rings. The smallest absolute Gasteiger partial charge is 0.185 e. The summed E-state index contributed by atoms with van der Waals surface area (Å²) in [5.41, 5.74) is 1.34. The molecule has 0 spiro atoms. The molecular weight excluding hydrogens is 278 g/mol. The molecule has 4 heteroatoms. The third-order valence-corrected chi connectivity index (χ3v) is 5.74. The highest BCUT2D eigenvalue weighted by atomic mass is 32.1. The van der Waals surface area contributed by atoms with Crippen LogP contribution in [0.4, 0.5) is 5.13 Å². The number of anilines is 1. The molecule has 1 fully saturated rings. The SMILES string of the molecule is Cc1nc(N(C)C2CCC(C)CC2)sc1CNC(C)(C)C. The third-order valence-electron chi connectivity index (χ3n) is 4.50. The lowest BCUT2D eigenvalue weighted by atomic mass is 9.87. The van der Waals surface area contributed by atoms with Crippen LogP contribution in [0.1, 0.15) is 63.9 Å².